The Labute approximate surface area is 125 Å². The van der Waals surface area contributed by atoms with Crippen LogP contribution in [0.5, 0.6) is 0 Å². The van der Waals surface area contributed by atoms with E-state index in [0.717, 1.165) is 12.8 Å². The van der Waals surface area contributed by atoms with E-state index in [1.54, 1.807) is 17.9 Å². The summed E-state index contributed by atoms with van der Waals surface area (Å²) < 4.78 is 13.5. The molecule has 0 spiro atoms. The second-order valence-corrected chi connectivity index (χ2v) is 5.85. The monoisotopic (exact) mass is 296 g/mol. The highest BCUT2D eigenvalue weighted by Crippen LogP contribution is 2.13. The predicted molar refractivity (Wildman–Crippen MR) is 84.8 cm³/mol. The number of halogens is 1. The molecule has 0 atom stereocenters. The maximum atomic E-state index is 13.5. The van der Waals surface area contributed by atoms with Gasteiger partial charge in [0, 0.05) is 24.6 Å². The topological polar surface area (TPSA) is 28.5 Å². The molecule has 0 unspecified atom stereocenters. The molecule has 1 aromatic rings. The van der Waals surface area contributed by atoms with Crippen molar-refractivity contribution in [2.45, 2.75) is 32.7 Å². The number of thiocarbonyl (C=S) groups is 1. The lowest BCUT2D eigenvalue weighted by Crippen LogP contribution is -3.13. The van der Waals surface area contributed by atoms with Gasteiger partial charge in [-0.2, -0.15) is 0 Å². The first-order valence-corrected chi connectivity index (χ1v) is 7.66. The van der Waals surface area contributed by atoms with Crippen molar-refractivity contribution in [2.24, 2.45) is 0 Å². The van der Waals surface area contributed by atoms with Gasteiger partial charge in [-0.15, -0.1) is 0 Å². The van der Waals surface area contributed by atoms with Gasteiger partial charge in [-0.3, -0.25) is 0 Å². The molecule has 1 aliphatic rings. The number of benzene rings is 1. The van der Waals surface area contributed by atoms with Crippen molar-refractivity contribution in [3.63, 3.8) is 0 Å². The number of quaternary nitrogens is 1. The van der Waals surface area contributed by atoms with Crippen LogP contribution in [0, 0.1) is 12.7 Å². The Balaban J connectivity index is 1.82. The van der Waals surface area contributed by atoms with Gasteiger partial charge in [0.15, 0.2) is 5.11 Å². The minimum atomic E-state index is -0.211. The molecule has 1 aromatic carbocycles. The standard InChI is InChI=1S/C15H22FN3S/c1-3-19-8-6-12(7-9-19)17-15(20)18-13-5-4-11(2)14(16)10-13/h4-5,10,12H,3,6-9H2,1-2H3,(H2,17,18,20)/p+1. The summed E-state index contributed by atoms with van der Waals surface area (Å²) in [4.78, 5) is 1.66. The average Bonchev–Trinajstić information content (AvgIpc) is 2.44. The molecule has 0 aromatic heterocycles. The first-order chi connectivity index (χ1) is 9.58. The predicted octanol–water partition coefficient (Wildman–Crippen LogP) is 1.49. The van der Waals surface area contributed by atoms with Crippen molar-refractivity contribution in [1.82, 2.24) is 5.32 Å². The van der Waals surface area contributed by atoms with Crippen molar-refractivity contribution >= 4 is 23.0 Å². The lowest BCUT2D eigenvalue weighted by Gasteiger charge is -2.29. The normalized spacial score (nSPS) is 22.4. The molecule has 0 bridgehead atoms. The van der Waals surface area contributed by atoms with E-state index in [9.17, 15) is 4.39 Å². The van der Waals surface area contributed by atoms with E-state index in [2.05, 4.69) is 17.6 Å². The Morgan fingerprint density at radius 2 is 2.10 bits per heavy atom. The zero-order chi connectivity index (χ0) is 14.5. The van der Waals surface area contributed by atoms with Crippen LogP contribution < -0.4 is 15.5 Å². The van der Waals surface area contributed by atoms with Crippen molar-refractivity contribution in [2.75, 3.05) is 25.0 Å². The zero-order valence-electron chi connectivity index (χ0n) is 12.1. The minimum Gasteiger partial charge on any atom is -0.359 e. The molecule has 5 heteroatoms. The molecule has 3 N–H and O–H groups in total. The smallest absolute Gasteiger partial charge is 0.171 e. The van der Waals surface area contributed by atoms with E-state index >= 15 is 0 Å². The van der Waals surface area contributed by atoms with Crippen LogP contribution in [0.15, 0.2) is 18.2 Å². The van der Waals surface area contributed by atoms with Crippen LogP contribution in [0.1, 0.15) is 25.3 Å². The highest BCUT2D eigenvalue weighted by Gasteiger charge is 2.21. The molecule has 1 saturated heterocycles. The summed E-state index contributed by atoms with van der Waals surface area (Å²) in [5.41, 5.74) is 1.34. The Morgan fingerprint density at radius 3 is 2.70 bits per heavy atom. The molecule has 1 heterocycles. The number of hydrogen-bond donors (Lipinski definition) is 3. The summed E-state index contributed by atoms with van der Waals surface area (Å²) in [5, 5.41) is 6.97. The van der Waals surface area contributed by atoms with Gasteiger partial charge in [-0.25, -0.2) is 4.39 Å². The van der Waals surface area contributed by atoms with Crippen molar-refractivity contribution < 1.29 is 9.29 Å². The van der Waals surface area contributed by atoms with Crippen molar-refractivity contribution in [3.05, 3.63) is 29.6 Å². The maximum absolute atomic E-state index is 13.5. The summed E-state index contributed by atoms with van der Waals surface area (Å²) >= 11 is 5.30. The Hall–Kier alpha value is -1.20. The molecule has 0 radical (unpaired) electrons. The van der Waals surface area contributed by atoms with Gasteiger partial charge in [0.2, 0.25) is 0 Å². The Kier molecular flexibility index (Phi) is 5.31. The van der Waals surface area contributed by atoms with Crippen molar-refractivity contribution in [1.29, 1.82) is 0 Å². The molecule has 0 saturated carbocycles. The number of rotatable bonds is 3. The van der Waals surface area contributed by atoms with E-state index in [0.29, 0.717) is 22.4 Å². The summed E-state index contributed by atoms with van der Waals surface area (Å²) in [6.45, 7) is 7.55. The zero-order valence-corrected chi connectivity index (χ0v) is 12.9. The van der Waals surface area contributed by atoms with E-state index in [4.69, 9.17) is 12.2 Å². The number of likely N-dealkylation sites (tertiary alicyclic amines) is 1. The van der Waals surface area contributed by atoms with E-state index in [1.165, 1.54) is 25.7 Å². The van der Waals surface area contributed by atoms with Gasteiger partial charge in [0.1, 0.15) is 5.82 Å². The molecule has 2 rings (SSSR count). The Morgan fingerprint density at radius 1 is 1.40 bits per heavy atom. The molecule has 110 valence electrons. The van der Waals surface area contributed by atoms with Crippen LogP contribution in [-0.4, -0.2) is 30.8 Å². The van der Waals surface area contributed by atoms with Gasteiger partial charge < -0.3 is 15.5 Å². The molecule has 0 aliphatic carbocycles. The lowest BCUT2D eigenvalue weighted by molar-refractivity contribution is -0.903. The highest BCUT2D eigenvalue weighted by molar-refractivity contribution is 7.80. The maximum Gasteiger partial charge on any atom is 0.171 e. The van der Waals surface area contributed by atoms with Gasteiger partial charge in [0.05, 0.1) is 19.6 Å². The van der Waals surface area contributed by atoms with Crippen LogP contribution in [0.4, 0.5) is 10.1 Å². The second-order valence-electron chi connectivity index (χ2n) is 5.44. The van der Waals surface area contributed by atoms with Gasteiger partial charge in [-0.1, -0.05) is 6.07 Å². The first kappa shape index (κ1) is 15.2. The number of nitrogens with one attached hydrogen (secondary N) is 3. The van der Waals surface area contributed by atoms with Crippen LogP contribution in [0.3, 0.4) is 0 Å². The van der Waals surface area contributed by atoms with E-state index in [-0.39, 0.29) is 5.82 Å². The van der Waals surface area contributed by atoms with Crippen molar-refractivity contribution in [3.8, 4) is 0 Å². The number of aryl methyl sites for hydroxylation is 1. The molecule has 1 fully saturated rings. The van der Waals surface area contributed by atoms with E-state index < -0.39 is 0 Å². The SMILES string of the molecule is CC[NH+]1CCC(NC(=S)Nc2ccc(C)c(F)c2)CC1. The van der Waals surface area contributed by atoms with Gasteiger partial charge in [-0.05, 0) is 43.8 Å². The fraction of sp³-hybridized carbons (Fsp3) is 0.533. The molecular formula is C15H23FN3S+. The summed E-state index contributed by atoms with van der Waals surface area (Å²) in [6.07, 6.45) is 2.26. The third-order valence-electron chi connectivity index (χ3n) is 3.96. The third kappa shape index (κ3) is 4.15. The Bertz CT molecular complexity index is 470. The number of anilines is 1. The third-order valence-corrected chi connectivity index (χ3v) is 4.18. The van der Waals surface area contributed by atoms with Gasteiger partial charge in [0.25, 0.3) is 0 Å². The fourth-order valence-electron chi connectivity index (χ4n) is 2.55. The molecular weight excluding hydrogens is 273 g/mol. The summed E-state index contributed by atoms with van der Waals surface area (Å²) in [6, 6.07) is 5.51. The molecule has 3 nitrogen and oxygen atoms in total. The van der Waals surface area contributed by atoms with Crippen LogP contribution >= 0.6 is 12.2 Å². The molecule has 20 heavy (non-hydrogen) atoms. The van der Waals surface area contributed by atoms with Crippen LogP contribution in [0.2, 0.25) is 0 Å². The lowest BCUT2D eigenvalue weighted by atomic mass is 10.1. The number of piperidine rings is 1. The quantitative estimate of drug-likeness (QED) is 0.738. The second kappa shape index (κ2) is 6.99. The fourth-order valence-corrected chi connectivity index (χ4v) is 2.83. The summed E-state index contributed by atoms with van der Waals surface area (Å²) in [7, 11) is 0. The van der Waals surface area contributed by atoms with Gasteiger partial charge >= 0.3 is 0 Å². The summed E-state index contributed by atoms with van der Waals surface area (Å²) in [5.74, 6) is -0.211. The first-order valence-electron chi connectivity index (χ1n) is 7.25. The largest absolute Gasteiger partial charge is 0.359 e. The van der Waals surface area contributed by atoms with E-state index in [1.807, 2.05) is 6.07 Å². The molecule has 0 amide bonds. The minimum absolute atomic E-state index is 0.211. The van der Waals surface area contributed by atoms with Crippen LogP contribution in [-0.2, 0) is 0 Å². The highest BCUT2D eigenvalue weighted by atomic mass is 32.1. The number of hydrogen-bond acceptors (Lipinski definition) is 1. The average molecular weight is 296 g/mol. The molecule has 1 aliphatic heterocycles. The van der Waals surface area contributed by atoms with Crippen LogP contribution in [0.25, 0.3) is 0 Å².